The number of halogens is 1. The Kier molecular flexibility index (Phi) is 7.35. The summed E-state index contributed by atoms with van der Waals surface area (Å²) in [7, 11) is 0. The van der Waals surface area contributed by atoms with Crippen molar-refractivity contribution in [1.82, 2.24) is 14.7 Å². The van der Waals surface area contributed by atoms with E-state index in [0.717, 1.165) is 5.69 Å². The van der Waals surface area contributed by atoms with E-state index < -0.39 is 0 Å². The molecule has 2 amide bonds. The number of likely N-dealkylation sites (N-methyl/N-ethyl adjacent to an activating group) is 1. The molecule has 0 bridgehead atoms. The molecule has 6 nitrogen and oxygen atoms in total. The second kappa shape index (κ2) is 9.21. The van der Waals surface area contributed by atoms with Gasteiger partial charge < -0.3 is 10.2 Å². The zero-order valence-corrected chi connectivity index (χ0v) is 19.8. The number of amides is 2. The number of hydrogen-bond donors (Lipinski definition) is 1. The summed E-state index contributed by atoms with van der Waals surface area (Å²) in [4.78, 5) is 26.9. The molecule has 0 aliphatic heterocycles. The van der Waals surface area contributed by atoms with Crippen LogP contribution >= 0.6 is 11.6 Å². The van der Waals surface area contributed by atoms with Gasteiger partial charge in [0, 0.05) is 24.4 Å². The van der Waals surface area contributed by atoms with Gasteiger partial charge in [0.1, 0.15) is 5.82 Å². The molecule has 0 aliphatic carbocycles. The van der Waals surface area contributed by atoms with Gasteiger partial charge >= 0.3 is 0 Å². The third kappa shape index (κ3) is 6.33. The molecule has 0 spiro atoms. The smallest absolute Gasteiger partial charge is 0.245 e. The maximum atomic E-state index is 12.8. The molecule has 30 heavy (non-hydrogen) atoms. The normalized spacial score (nSPS) is 12.0. The van der Waals surface area contributed by atoms with Crippen LogP contribution in [0.2, 0.25) is 5.02 Å². The van der Waals surface area contributed by atoms with Gasteiger partial charge in [0.25, 0.3) is 0 Å². The minimum absolute atomic E-state index is 0.00995. The lowest BCUT2D eigenvalue weighted by Gasteiger charge is -2.25. The van der Waals surface area contributed by atoms with Crippen molar-refractivity contribution < 1.29 is 9.59 Å². The second-order valence-corrected chi connectivity index (χ2v) is 10.1. The zero-order chi connectivity index (χ0) is 22.7. The fourth-order valence-electron chi connectivity index (χ4n) is 2.94. The van der Waals surface area contributed by atoms with E-state index in [-0.39, 0.29) is 29.2 Å². The number of aromatic nitrogens is 2. The highest BCUT2D eigenvalue weighted by atomic mass is 35.5. The number of carbonyl (C=O) groups is 2. The molecule has 0 saturated carbocycles. The zero-order valence-electron chi connectivity index (χ0n) is 19.0. The lowest BCUT2D eigenvalue weighted by molar-refractivity contribution is -0.136. The molecule has 0 atom stereocenters. The lowest BCUT2D eigenvalue weighted by atomic mass is 9.91. The first-order valence-corrected chi connectivity index (χ1v) is 10.6. The molecule has 164 valence electrons. The molecular weight excluding hydrogens is 400 g/mol. The summed E-state index contributed by atoms with van der Waals surface area (Å²) >= 11 is 6.37. The van der Waals surface area contributed by atoms with E-state index in [1.54, 1.807) is 15.6 Å². The molecule has 1 aromatic carbocycles. The van der Waals surface area contributed by atoms with E-state index in [1.807, 2.05) is 52.0 Å². The number of nitrogens with zero attached hydrogens (tertiary/aromatic N) is 3. The van der Waals surface area contributed by atoms with E-state index in [0.29, 0.717) is 29.5 Å². The van der Waals surface area contributed by atoms with E-state index >= 15 is 0 Å². The van der Waals surface area contributed by atoms with Gasteiger partial charge in [-0.1, -0.05) is 65.3 Å². The Morgan fingerprint density at radius 3 is 2.30 bits per heavy atom. The van der Waals surface area contributed by atoms with Crippen molar-refractivity contribution in [3.05, 3.63) is 41.0 Å². The predicted molar refractivity (Wildman–Crippen MR) is 122 cm³/mol. The highest BCUT2D eigenvalue weighted by molar-refractivity contribution is 6.32. The third-order valence-corrected chi connectivity index (χ3v) is 4.90. The second-order valence-electron chi connectivity index (χ2n) is 9.72. The fourth-order valence-corrected chi connectivity index (χ4v) is 3.16. The van der Waals surface area contributed by atoms with Crippen LogP contribution in [-0.4, -0.2) is 39.6 Å². The Hall–Kier alpha value is -2.34. The van der Waals surface area contributed by atoms with Gasteiger partial charge in [0.2, 0.25) is 11.8 Å². The number of hydrogen-bond acceptors (Lipinski definition) is 3. The molecule has 2 rings (SSSR count). The first-order chi connectivity index (χ1) is 13.8. The van der Waals surface area contributed by atoms with Crippen LogP contribution in [0.15, 0.2) is 30.3 Å². The Morgan fingerprint density at radius 2 is 1.77 bits per heavy atom. The maximum absolute atomic E-state index is 12.8. The van der Waals surface area contributed by atoms with Crippen molar-refractivity contribution in [3.63, 3.8) is 0 Å². The number of nitrogens with one attached hydrogen (secondary N) is 1. The van der Waals surface area contributed by atoms with Gasteiger partial charge in [0.15, 0.2) is 0 Å². The molecule has 0 unspecified atom stereocenters. The van der Waals surface area contributed by atoms with Crippen LogP contribution in [0.4, 0.5) is 5.82 Å². The van der Waals surface area contributed by atoms with Crippen molar-refractivity contribution in [2.75, 3.05) is 18.4 Å². The van der Waals surface area contributed by atoms with Gasteiger partial charge in [-0.25, -0.2) is 4.68 Å². The van der Waals surface area contributed by atoms with Crippen LogP contribution < -0.4 is 5.32 Å². The molecule has 0 saturated heterocycles. The van der Waals surface area contributed by atoms with Gasteiger partial charge in [-0.3, -0.25) is 9.59 Å². The summed E-state index contributed by atoms with van der Waals surface area (Å²) in [5, 5.41) is 8.14. The molecular formula is C23H33ClN4O2. The summed E-state index contributed by atoms with van der Waals surface area (Å²) in [5.74, 6) is 0.222. The average Bonchev–Trinajstić information content (AvgIpc) is 3.02. The van der Waals surface area contributed by atoms with Crippen molar-refractivity contribution in [2.24, 2.45) is 5.41 Å². The summed E-state index contributed by atoms with van der Waals surface area (Å²) in [6.07, 6.45) is 0.389. The van der Waals surface area contributed by atoms with Crippen molar-refractivity contribution in [1.29, 1.82) is 0 Å². The molecule has 0 fully saturated rings. The summed E-state index contributed by atoms with van der Waals surface area (Å²) in [5.41, 5.74) is 1.17. The van der Waals surface area contributed by atoms with Crippen molar-refractivity contribution in [2.45, 2.75) is 60.3 Å². The molecule has 0 radical (unpaired) electrons. The highest BCUT2D eigenvalue weighted by Gasteiger charge is 2.25. The average molecular weight is 433 g/mol. The molecule has 1 heterocycles. The lowest BCUT2D eigenvalue weighted by Crippen LogP contribution is -2.39. The van der Waals surface area contributed by atoms with Crippen LogP contribution in [0.1, 0.15) is 60.6 Å². The van der Waals surface area contributed by atoms with Gasteiger partial charge in [0.05, 0.1) is 22.9 Å². The molecule has 7 heteroatoms. The summed E-state index contributed by atoms with van der Waals surface area (Å²) in [6, 6.07) is 9.20. The van der Waals surface area contributed by atoms with E-state index in [1.165, 1.54) is 0 Å². The first kappa shape index (κ1) is 23.9. The van der Waals surface area contributed by atoms with Crippen LogP contribution in [0.25, 0.3) is 5.69 Å². The van der Waals surface area contributed by atoms with Crippen molar-refractivity contribution >= 4 is 29.2 Å². The molecule has 0 aliphatic rings. The third-order valence-electron chi connectivity index (χ3n) is 4.58. The SMILES string of the molecule is CCN(CC(=O)Nc1cc(C(C)(C)C)nn1-c1ccccc1Cl)C(=O)CC(C)(C)C. The van der Waals surface area contributed by atoms with E-state index in [9.17, 15) is 9.59 Å². The standard InChI is InChI=1S/C23H33ClN4O2/c1-8-27(21(30)14-22(2,3)4)15-20(29)25-19-13-18(23(5,6)7)26-28(19)17-12-10-9-11-16(17)24/h9-13H,8,14-15H2,1-7H3,(H,25,29). The van der Waals surface area contributed by atoms with Gasteiger partial charge in [-0.15, -0.1) is 0 Å². The minimum Gasteiger partial charge on any atom is -0.334 e. The van der Waals surface area contributed by atoms with Gasteiger partial charge in [-0.05, 0) is 24.5 Å². The summed E-state index contributed by atoms with van der Waals surface area (Å²) < 4.78 is 1.65. The van der Waals surface area contributed by atoms with Gasteiger partial charge in [-0.2, -0.15) is 5.10 Å². The maximum Gasteiger partial charge on any atom is 0.245 e. The number of benzene rings is 1. The Labute approximate surface area is 184 Å². The molecule has 2 aromatic rings. The Morgan fingerprint density at radius 1 is 1.13 bits per heavy atom. The highest BCUT2D eigenvalue weighted by Crippen LogP contribution is 2.29. The quantitative estimate of drug-likeness (QED) is 0.694. The number of carbonyl (C=O) groups excluding carboxylic acids is 2. The summed E-state index contributed by atoms with van der Waals surface area (Å²) in [6.45, 7) is 14.5. The largest absolute Gasteiger partial charge is 0.334 e. The predicted octanol–water partition coefficient (Wildman–Crippen LogP) is 5.05. The number of anilines is 1. The van der Waals surface area contributed by atoms with E-state index in [4.69, 9.17) is 11.6 Å². The number of rotatable bonds is 6. The van der Waals surface area contributed by atoms with Crippen LogP contribution in [0.5, 0.6) is 0 Å². The van der Waals surface area contributed by atoms with Crippen LogP contribution in [-0.2, 0) is 15.0 Å². The number of para-hydroxylation sites is 1. The Balaban J connectivity index is 2.28. The van der Waals surface area contributed by atoms with E-state index in [2.05, 4.69) is 31.2 Å². The van der Waals surface area contributed by atoms with Crippen molar-refractivity contribution in [3.8, 4) is 5.69 Å². The van der Waals surface area contributed by atoms with Crippen LogP contribution in [0.3, 0.4) is 0 Å². The topological polar surface area (TPSA) is 67.2 Å². The van der Waals surface area contributed by atoms with Crippen LogP contribution in [0, 0.1) is 5.41 Å². The molecule has 1 aromatic heterocycles. The monoisotopic (exact) mass is 432 g/mol. The first-order valence-electron chi connectivity index (χ1n) is 10.2. The minimum atomic E-state index is -0.271. The fraction of sp³-hybridized carbons (Fsp3) is 0.522. The Bertz CT molecular complexity index is 907. The molecule has 1 N–H and O–H groups in total.